The molecule has 0 fully saturated rings. The van der Waals surface area contributed by atoms with Crippen molar-refractivity contribution >= 4 is 23.4 Å². The first-order valence-electron chi connectivity index (χ1n) is 8.02. The summed E-state index contributed by atoms with van der Waals surface area (Å²) >= 11 is 5.98. The molecule has 1 N–H and O–H groups in total. The van der Waals surface area contributed by atoms with Gasteiger partial charge in [-0.15, -0.1) is 0 Å². The number of hydrogen-bond acceptors (Lipinski definition) is 2. The van der Waals surface area contributed by atoms with Gasteiger partial charge in [-0.2, -0.15) is 0 Å². The van der Waals surface area contributed by atoms with E-state index in [0.717, 1.165) is 0 Å². The highest BCUT2D eigenvalue weighted by atomic mass is 35.5. The average Bonchev–Trinajstić information content (AvgIpc) is 2.62. The van der Waals surface area contributed by atoms with E-state index in [1.807, 2.05) is 0 Å². The van der Waals surface area contributed by atoms with Gasteiger partial charge in [-0.3, -0.25) is 9.59 Å². The molecule has 1 atom stereocenters. The number of benzene rings is 2. The molecule has 0 saturated heterocycles. The first-order valence-corrected chi connectivity index (χ1v) is 8.40. The molecule has 2 amide bonds. The van der Waals surface area contributed by atoms with Crippen LogP contribution in [0, 0.1) is 11.6 Å². The van der Waals surface area contributed by atoms with Crippen molar-refractivity contribution in [2.24, 2.45) is 0 Å². The fourth-order valence-corrected chi connectivity index (χ4v) is 2.79. The minimum Gasteiger partial charge on any atom is -0.357 e. The number of hydrogen-bond donors (Lipinski definition) is 1. The number of carbonyl (C=O) groups is 2. The molecule has 0 aliphatic rings. The van der Waals surface area contributed by atoms with Crippen LogP contribution in [0.5, 0.6) is 0 Å². The van der Waals surface area contributed by atoms with Crippen LogP contribution in [-0.4, -0.2) is 29.8 Å². The number of amides is 2. The van der Waals surface area contributed by atoms with Gasteiger partial charge in [-0.1, -0.05) is 35.9 Å². The molecule has 2 aromatic carbocycles. The smallest absolute Gasteiger partial charge is 0.242 e. The number of rotatable bonds is 6. The van der Waals surface area contributed by atoms with E-state index < -0.39 is 29.5 Å². The molecular weight excluding hydrogens is 362 g/mol. The number of likely N-dealkylation sites (N-methyl/N-ethyl adjacent to an activating group) is 1. The molecule has 26 heavy (non-hydrogen) atoms. The minimum absolute atomic E-state index is 0.0433. The Kier molecular flexibility index (Phi) is 6.69. The number of nitrogens with zero attached hydrogens (tertiary/aromatic N) is 1. The van der Waals surface area contributed by atoms with Crippen LogP contribution in [0.2, 0.25) is 5.02 Å². The van der Waals surface area contributed by atoms with Crippen LogP contribution in [0.3, 0.4) is 0 Å². The predicted octanol–water partition coefficient (Wildman–Crippen LogP) is 3.32. The number of carbonyl (C=O) groups excluding carboxylic acids is 2. The van der Waals surface area contributed by atoms with Gasteiger partial charge in [0.1, 0.15) is 17.7 Å². The third kappa shape index (κ3) is 4.58. The maximum atomic E-state index is 14.0. The first-order chi connectivity index (χ1) is 12.3. The Morgan fingerprint density at radius 1 is 1.12 bits per heavy atom. The molecule has 0 radical (unpaired) electrons. The maximum Gasteiger partial charge on any atom is 0.242 e. The van der Waals surface area contributed by atoms with E-state index >= 15 is 0 Å². The Morgan fingerprint density at radius 3 is 2.38 bits per heavy atom. The number of nitrogens with one attached hydrogen (secondary N) is 1. The van der Waals surface area contributed by atoms with Crippen molar-refractivity contribution < 1.29 is 18.4 Å². The van der Waals surface area contributed by atoms with Crippen LogP contribution in [0.15, 0.2) is 42.5 Å². The van der Waals surface area contributed by atoms with Crippen molar-refractivity contribution in [1.82, 2.24) is 10.2 Å². The summed E-state index contributed by atoms with van der Waals surface area (Å²) < 4.78 is 28.0. The standard InChI is InChI=1S/C19H19ClF2N2O2/c1-12(19(26)23-2)24(11-13-6-3-4-8-16(13)21)18(25)10-14-15(20)7-5-9-17(14)22/h3-9,12H,10-11H2,1-2H3,(H,23,26)/t12-/m1/s1. The molecule has 4 nitrogen and oxygen atoms in total. The van der Waals surface area contributed by atoms with Crippen molar-refractivity contribution in [3.05, 3.63) is 70.2 Å². The van der Waals surface area contributed by atoms with Crippen molar-refractivity contribution in [2.45, 2.75) is 25.9 Å². The van der Waals surface area contributed by atoms with Gasteiger partial charge in [-0.25, -0.2) is 8.78 Å². The highest BCUT2D eigenvalue weighted by Crippen LogP contribution is 2.21. The van der Waals surface area contributed by atoms with Crippen LogP contribution in [0.1, 0.15) is 18.1 Å². The van der Waals surface area contributed by atoms with Gasteiger partial charge in [0.25, 0.3) is 0 Å². The molecule has 0 saturated carbocycles. The van der Waals surface area contributed by atoms with Crippen molar-refractivity contribution in [3.8, 4) is 0 Å². The highest BCUT2D eigenvalue weighted by molar-refractivity contribution is 6.31. The van der Waals surface area contributed by atoms with Crippen LogP contribution < -0.4 is 5.32 Å². The van der Waals surface area contributed by atoms with Gasteiger partial charge in [0, 0.05) is 29.7 Å². The zero-order chi connectivity index (χ0) is 19.3. The average molecular weight is 381 g/mol. The molecule has 2 rings (SSSR count). The SMILES string of the molecule is CNC(=O)[C@@H](C)N(Cc1ccccc1F)C(=O)Cc1c(F)cccc1Cl. The molecule has 0 unspecified atom stereocenters. The van der Waals surface area contributed by atoms with Crippen LogP contribution in [0.25, 0.3) is 0 Å². The fourth-order valence-electron chi connectivity index (χ4n) is 2.56. The lowest BCUT2D eigenvalue weighted by molar-refractivity contribution is -0.140. The lowest BCUT2D eigenvalue weighted by atomic mass is 10.1. The Balaban J connectivity index is 2.32. The highest BCUT2D eigenvalue weighted by Gasteiger charge is 2.27. The minimum atomic E-state index is -0.863. The lowest BCUT2D eigenvalue weighted by Crippen LogP contribution is -2.47. The third-order valence-corrected chi connectivity index (χ3v) is 4.46. The Labute approximate surface area is 155 Å². The Hall–Kier alpha value is -2.47. The second kappa shape index (κ2) is 8.76. The normalized spacial score (nSPS) is 11.7. The van der Waals surface area contributed by atoms with E-state index in [1.54, 1.807) is 6.07 Å². The van der Waals surface area contributed by atoms with Gasteiger partial charge in [-0.05, 0) is 25.1 Å². The van der Waals surface area contributed by atoms with E-state index in [4.69, 9.17) is 11.6 Å². The summed E-state index contributed by atoms with van der Waals surface area (Å²) in [5, 5.41) is 2.58. The second-order valence-corrected chi connectivity index (χ2v) is 6.19. The molecule has 0 aliphatic carbocycles. The number of halogens is 3. The van der Waals surface area contributed by atoms with Gasteiger partial charge >= 0.3 is 0 Å². The predicted molar refractivity (Wildman–Crippen MR) is 95.6 cm³/mol. The molecule has 7 heteroatoms. The summed E-state index contributed by atoms with van der Waals surface area (Å²) in [6.45, 7) is 1.41. The van der Waals surface area contributed by atoms with Crippen molar-refractivity contribution in [3.63, 3.8) is 0 Å². The summed E-state index contributed by atoms with van der Waals surface area (Å²) in [6.07, 6.45) is -0.332. The van der Waals surface area contributed by atoms with E-state index in [2.05, 4.69) is 5.32 Å². The van der Waals surface area contributed by atoms with E-state index in [0.29, 0.717) is 0 Å². The summed E-state index contributed by atoms with van der Waals surface area (Å²) in [5.41, 5.74) is 0.304. The molecule has 0 aromatic heterocycles. The Morgan fingerprint density at radius 2 is 1.77 bits per heavy atom. The van der Waals surface area contributed by atoms with Gasteiger partial charge in [0.2, 0.25) is 11.8 Å². The topological polar surface area (TPSA) is 49.4 Å². The van der Waals surface area contributed by atoms with E-state index in [9.17, 15) is 18.4 Å². The van der Waals surface area contributed by atoms with Crippen LogP contribution in [0.4, 0.5) is 8.78 Å². The van der Waals surface area contributed by atoms with Gasteiger partial charge in [0.15, 0.2) is 0 Å². The zero-order valence-corrected chi connectivity index (χ0v) is 15.2. The molecular formula is C19H19ClF2N2O2. The molecule has 0 spiro atoms. The van der Waals surface area contributed by atoms with E-state index in [-0.39, 0.29) is 29.1 Å². The van der Waals surface area contributed by atoms with E-state index in [1.165, 1.54) is 55.3 Å². The summed E-state index contributed by atoms with van der Waals surface area (Å²) in [6, 6.07) is 9.24. The molecule has 0 aliphatic heterocycles. The third-order valence-electron chi connectivity index (χ3n) is 4.10. The summed E-state index contributed by atoms with van der Waals surface area (Å²) in [7, 11) is 1.44. The monoisotopic (exact) mass is 380 g/mol. The van der Waals surface area contributed by atoms with Crippen LogP contribution >= 0.6 is 11.6 Å². The maximum absolute atomic E-state index is 14.0. The van der Waals surface area contributed by atoms with Gasteiger partial charge < -0.3 is 10.2 Å². The quantitative estimate of drug-likeness (QED) is 0.835. The van der Waals surface area contributed by atoms with Gasteiger partial charge in [0.05, 0.1) is 6.42 Å². The lowest BCUT2D eigenvalue weighted by Gasteiger charge is -2.28. The van der Waals surface area contributed by atoms with Crippen LogP contribution in [-0.2, 0) is 22.6 Å². The first kappa shape index (κ1) is 19.8. The van der Waals surface area contributed by atoms with Crippen molar-refractivity contribution in [1.29, 1.82) is 0 Å². The second-order valence-electron chi connectivity index (χ2n) is 5.78. The largest absolute Gasteiger partial charge is 0.357 e. The molecule has 0 bridgehead atoms. The molecule has 2 aromatic rings. The molecule has 138 valence electrons. The summed E-state index contributed by atoms with van der Waals surface area (Å²) in [5.74, 6) is -2.03. The summed E-state index contributed by atoms with van der Waals surface area (Å²) in [4.78, 5) is 26.0. The Bertz CT molecular complexity index is 794. The van der Waals surface area contributed by atoms with Crippen molar-refractivity contribution in [2.75, 3.05) is 7.05 Å². The zero-order valence-electron chi connectivity index (χ0n) is 14.4. The fraction of sp³-hybridized carbons (Fsp3) is 0.263. The molecule has 0 heterocycles.